The maximum absolute atomic E-state index is 8.97. The number of benzene rings is 1. The molecule has 0 aliphatic carbocycles. The molecule has 2 heterocycles. The third-order valence-corrected chi connectivity index (χ3v) is 3.81. The molecule has 0 saturated carbocycles. The first-order valence-corrected chi connectivity index (χ1v) is 7.29. The normalized spacial score (nSPS) is 10.9. The Labute approximate surface area is 124 Å². The smallest absolute Gasteiger partial charge is 0.0991 e. The van der Waals surface area contributed by atoms with Gasteiger partial charge in [0, 0.05) is 23.6 Å². The Kier molecular flexibility index (Phi) is 3.49. The molecule has 3 rings (SSSR count). The van der Waals surface area contributed by atoms with Gasteiger partial charge in [-0.25, -0.2) is 0 Å². The van der Waals surface area contributed by atoms with E-state index >= 15 is 0 Å². The fourth-order valence-electron chi connectivity index (χ4n) is 2.67. The van der Waals surface area contributed by atoms with Crippen LogP contribution in [0.2, 0.25) is 0 Å². The summed E-state index contributed by atoms with van der Waals surface area (Å²) in [7, 11) is 0. The van der Waals surface area contributed by atoms with Crippen LogP contribution in [0.25, 0.3) is 10.9 Å². The first kappa shape index (κ1) is 13.4. The molecule has 0 fully saturated rings. The molecule has 0 atom stereocenters. The Morgan fingerprint density at radius 3 is 2.76 bits per heavy atom. The largest absolute Gasteiger partial charge is 0.341 e. The molecular formula is C17H18N4. The summed E-state index contributed by atoms with van der Waals surface area (Å²) in [5, 5.41) is 14.7. The van der Waals surface area contributed by atoms with Crippen LogP contribution in [-0.2, 0) is 19.5 Å². The molecule has 4 heteroatoms. The summed E-state index contributed by atoms with van der Waals surface area (Å²) in [4.78, 5) is 0. The van der Waals surface area contributed by atoms with Crippen molar-refractivity contribution in [3.8, 4) is 6.07 Å². The van der Waals surface area contributed by atoms with Crippen LogP contribution >= 0.6 is 0 Å². The van der Waals surface area contributed by atoms with Crippen molar-refractivity contribution < 1.29 is 0 Å². The van der Waals surface area contributed by atoms with Crippen molar-refractivity contribution in [2.75, 3.05) is 0 Å². The molecule has 0 bridgehead atoms. The maximum Gasteiger partial charge on any atom is 0.0991 e. The lowest BCUT2D eigenvalue weighted by molar-refractivity contribution is 0.599. The lowest BCUT2D eigenvalue weighted by Gasteiger charge is -2.07. The highest BCUT2D eigenvalue weighted by Crippen LogP contribution is 2.19. The van der Waals surface area contributed by atoms with Crippen LogP contribution in [0.15, 0.2) is 36.5 Å². The monoisotopic (exact) mass is 278 g/mol. The number of rotatable bonds is 4. The molecule has 4 nitrogen and oxygen atoms in total. The highest BCUT2D eigenvalue weighted by atomic mass is 15.3. The van der Waals surface area contributed by atoms with Crippen molar-refractivity contribution in [2.45, 2.75) is 33.4 Å². The molecule has 0 radical (unpaired) electrons. The predicted molar refractivity (Wildman–Crippen MR) is 83.0 cm³/mol. The number of aryl methyl sites for hydroxylation is 2. The molecule has 0 aliphatic heterocycles. The molecule has 0 aliphatic rings. The van der Waals surface area contributed by atoms with E-state index in [1.54, 1.807) is 0 Å². The zero-order valence-electron chi connectivity index (χ0n) is 12.4. The molecule has 0 saturated heterocycles. The highest BCUT2D eigenvalue weighted by molar-refractivity contribution is 5.81. The van der Waals surface area contributed by atoms with Gasteiger partial charge in [-0.1, -0.05) is 6.92 Å². The summed E-state index contributed by atoms with van der Waals surface area (Å²) in [5.41, 5.74) is 4.20. The van der Waals surface area contributed by atoms with E-state index in [-0.39, 0.29) is 0 Å². The second-order valence-corrected chi connectivity index (χ2v) is 5.13. The minimum atomic E-state index is 0.701. The van der Waals surface area contributed by atoms with Gasteiger partial charge in [-0.05, 0) is 43.7 Å². The van der Waals surface area contributed by atoms with E-state index in [4.69, 9.17) is 5.26 Å². The molecule has 0 unspecified atom stereocenters. The molecule has 1 aromatic carbocycles. The van der Waals surface area contributed by atoms with Gasteiger partial charge in [0.2, 0.25) is 0 Å². The van der Waals surface area contributed by atoms with E-state index in [1.807, 2.05) is 18.2 Å². The number of hydrogen-bond donors (Lipinski definition) is 0. The molecule has 3 aromatic rings. The third-order valence-electron chi connectivity index (χ3n) is 3.81. The molecule has 0 N–H and O–H groups in total. The average molecular weight is 278 g/mol. The van der Waals surface area contributed by atoms with Crippen molar-refractivity contribution in [3.63, 3.8) is 0 Å². The summed E-state index contributed by atoms with van der Waals surface area (Å²) in [5.74, 6) is 0. The zero-order valence-corrected chi connectivity index (χ0v) is 12.4. The molecule has 2 aromatic heterocycles. The van der Waals surface area contributed by atoms with Crippen molar-refractivity contribution in [2.24, 2.45) is 0 Å². The number of nitrogens with zero attached hydrogens (tertiary/aromatic N) is 4. The molecule has 0 spiro atoms. The Bertz CT molecular complexity index is 817. The van der Waals surface area contributed by atoms with Crippen LogP contribution in [0.1, 0.15) is 30.8 Å². The van der Waals surface area contributed by atoms with E-state index < -0.39 is 0 Å². The van der Waals surface area contributed by atoms with Crippen molar-refractivity contribution in [3.05, 3.63) is 53.5 Å². The lowest BCUT2D eigenvalue weighted by Crippen LogP contribution is -2.07. The summed E-state index contributed by atoms with van der Waals surface area (Å²) in [6.07, 6.45) is 3.03. The van der Waals surface area contributed by atoms with Crippen LogP contribution in [0.4, 0.5) is 0 Å². The quantitative estimate of drug-likeness (QED) is 0.734. The summed E-state index contributed by atoms with van der Waals surface area (Å²) in [6.45, 7) is 5.92. The summed E-state index contributed by atoms with van der Waals surface area (Å²) < 4.78 is 4.27. The maximum atomic E-state index is 8.97. The van der Waals surface area contributed by atoms with Crippen LogP contribution in [-0.4, -0.2) is 14.3 Å². The fraction of sp³-hybridized carbons (Fsp3) is 0.294. The van der Waals surface area contributed by atoms with Crippen molar-refractivity contribution in [1.29, 1.82) is 5.26 Å². The fourth-order valence-corrected chi connectivity index (χ4v) is 2.67. The third kappa shape index (κ3) is 2.43. The minimum absolute atomic E-state index is 0.701. The van der Waals surface area contributed by atoms with Crippen LogP contribution in [0.5, 0.6) is 0 Å². The van der Waals surface area contributed by atoms with Crippen molar-refractivity contribution in [1.82, 2.24) is 14.3 Å². The zero-order chi connectivity index (χ0) is 14.8. The van der Waals surface area contributed by atoms with Crippen LogP contribution < -0.4 is 0 Å². The predicted octanol–water partition coefficient (Wildman–Crippen LogP) is 3.34. The van der Waals surface area contributed by atoms with Gasteiger partial charge in [0.05, 0.1) is 29.6 Å². The van der Waals surface area contributed by atoms with Gasteiger partial charge in [-0.3, -0.25) is 4.68 Å². The topological polar surface area (TPSA) is 46.5 Å². The number of hydrogen-bond acceptors (Lipinski definition) is 2. The first-order valence-electron chi connectivity index (χ1n) is 7.29. The first-order chi connectivity index (χ1) is 10.2. The Morgan fingerprint density at radius 1 is 1.19 bits per heavy atom. The summed E-state index contributed by atoms with van der Waals surface area (Å²) >= 11 is 0. The van der Waals surface area contributed by atoms with Gasteiger partial charge in [0.25, 0.3) is 0 Å². The van der Waals surface area contributed by atoms with E-state index in [0.717, 1.165) is 36.1 Å². The molecule has 0 amide bonds. The molecule has 106 valence electrons. The van der Waals surface area contributed by atoms with Gasteiger partial charge < -0.3 is 4.57 Å². The highest BCUT2D eigenvalue weighted by Gasteiger charge is 2.08. The van der Waals surface area contributed by atoms with Crippen LogP contribution in [0, 0.1) is 11.3 Å². The standard InChI is InChI=1S/C17H18N4/c1-3-15-10-16(21(4-2)19-15)12-20-8-7-14-9-13(11-18)5-6-17(14)20/h5-10H,3-4,12H2,1-2H3. The number of fused-ring (bicyclic) bond motifs is 1. The Hall–Kier alpha value is -2.54. The second-order valence-electron chi connectivity index (χ2n) is 5.13. The Balaban J connectivity index is 1.98. The van der Waals surface area contributed by atoms with E-state index in [0.29, 0.717) is 5.56 Å². The van der Waals surface area contributed by atoms with Gasteiger partial charge in [-0.2, -0.15) is 10.4 Å². The SMILES string of the molecule is CCc1cc(Cn2ccc3cc(C#N)ccc32)n(CC)n1. The van der Waals surface area contributed by atoms with Gasteiger partial charge in [0.1, 0.15) is 0 Å². The second kappa shape index (κ2) is 5.45. The summed E-state index contributed by atoms with van der Waals surface area (Å²) in [6, 6.07) is 12.2. The number of aromatic nitrogens is 3. The van der Waals surface area contributed by atoms with Gasteiger partial charge in [-0.15, -0.1) is 0 Å². The number of nitriles is 1. The van der Waals surface area contributed by atoms with E-state index in [2.05, 4.69) is 52.6 Å². The molecule has 21 heavy (non-hydrogen) atoms. The van der Waals surface area contributed by atoms with Crippen LogP contribution in [0.3, 0.4) is 0 Å². The van der Waals surface area contributed by atoms with E-state index in [9.17, 15) is 0 Å². The van der Waals surface area contributed by atoms with E-state index in [1.165, 1.54) is 5.69 Å². The van der Waals surface area contributed by atoms with Gasteiger partial charge in [0.15, 0.2) is 0 Å². The Morgan fingerprint density at radius 2 is 2.05 bits per heavy atom. The van der Waals surface area contributed by atoms with Crippen molar-refractivity contribution >= 4 is 10.9 Å². The van der Waals surface area contributed by atoms with Gasteiger partial charge >= 0.3 is 0 Å². The minimum Gasteiger partial charge on any atom is -0.341 e. The average Bonchev–Trinajstić information content (AvgIpc) is 3.11. The molecular weight excluding hydrogens is 260 g/mol. The lowest BCUT2D eigenvalue weighted by atomic mass is 10.2.